The molecule has 0 bridgehead atoms. The van der Waals surface area contributed by atoms with Gasteiger partial charge in [0.15, 0.2) is 17.2 Å². The Morgan fingerprint density at radius 3 is 1.90 bits per heavy atom. The van der Waals surface area contributed by atoms with E-state index in [0.717, 1.165) is 44.2 Å². The average molecular weight is 762 g/mol. The Morgan fingerprint density at radius 1 is 0.904 bits per heavy atom. The highest BCUT2D eigenvalue weighted by Crippen LogP contribution is 2.43. The lowest BCUT2D eigenvalue weighted by molar-refractivity contribution is -0.178. The highest BCUT2D eigenvalue weighted by molar-refractivity contribution is 7.40. The van der Waals surface area contributed by atoms with E-state index >= 15 is 0 Å². The zero-order valence-corrected chi connectivity index (χ0v) is 32.7. The fourth-order valence-electron chi connectivity index (χ4n) is 5.90. The number of fused-ring (bicyclic) bond motifs is 1. The molecular formula is C37H63F3N5O6P. The molecule has 0 radical (unpaired) electrons. The van der Waals surface area contributed by atoms with Crippen LogP contribution in [0.15, 0.2) is 18.5 Å². The molecule has 15 heteroatoms. The first-order chi connectivity index (χ1) is 24.9. The molecule has 0 amide bonds. The molecule has 0 spiro atoms. The molecule has 3 rings (SSSR count). The van der Waals surface area contributed by atoms with Crippen LogP contribution in [0.1, 0.15) is 154 Å². The molecule has 0 aliphatic carbocycles. The Kier molecular flexibility index (Phi) is 22.2. The maximum atomic E-state index is 12.1. The van der Waals surface area contributed by atoms with Crippen LogP contribution in [0, 0.1) is 11.3 Å². The van der Waals surface area contributed by atoms with Crippen molar-refractivity contribution in [1.82, 2.24) is 14.6 Å². The summed E-state index contributed by atoms with van der Waals surface area (Å²) >= 11 is 0. The minimum absolute atomic E-state index is 0.0698. The number of nitrogen functional groups attached to an aromatic ring is 1. The lowest BCUT2D eigenvalue weighted by atomic mass is 10.0. The highest BCUT2D eigenvalue weighted by atomic mass is 31.2. The third-order valence-electron chi connectivity index (χ3n) is 9.42. The standard InChI is InChI=1S/C32H51F3N5O4P.C5H12O2/c33-32(34,35)21-16-14-12-10-8-6-4-2-1-3-5-7-9-11-13-15-17-23-42-45(41)43-25-31(24-36)22-20-29(44-31)27-18-19-28-30(37)38-26-39-40(27)28;1-5(2,6-3)7-4/h18-19,26,29,41H,1-17,20-23,25H2,(H2,37,38,39);1-4H3. The van der Waals surface area contributed by atoms with Crippen molar-refractivity contribution in [2.24, 2.45) is 0 Å². The molecule has 1 aliphatic heterocycles. The number of anilines is 1. The van der Waals surface area contributed by atoms with Gasteiger partial charge in [-0.2, -0.15) is 23.5 Å². The van der Waals surface area contributed by atoms with Crippen molar-refractivity contribution < 1.29 is 41.3 Å². The fraction of sp³-hybridized carbons (Fsp3) is 0.811. The summed E-state index contributed by atoms with van der Waals surface area (Å²) in [6.45, 7) is 4.06. The molecule has 1 fully saturated rings. The second-order valence-electron chi connectivity index (χ2n) is 14.0. The van der Waals surface area contributed by atoms with Gasteiger partial charge in [0, 0.05) is 20.6 Å². The molecule has 1 aliphatic rings. The SMILES string of the molecule is COC(C)(C)OC.N#CC1(COP(O)OCCCCCCCCCCCCCCCCCCCC(F)(F)F)CCC(c2ccc3c(N)ncnn23)O1. The first-order valence-electron chi connectivity index (χ1n) is 18.9. The number of aromatic nitrogens is 3. The summed E-state index contributed by atoms with van der Waals surface area (Å²) in [6.07, 6.45) is 15.8. The van der Waals surface area contributed by atoms with Crippen LogP contribution in [0.5, 0.6) is 0 Å². The maximum absolute atomic E-state index is 12.1. The van der Waals surface area contributed by atoms with Gasteiger partial charge in [0.1, 0.15) is 24.0 Å². The van der Waals surface area contributed by atoms with Crippen molar-refractivity contribution in [2.75, 3.05) is 33.2 Å². The summed E-state index contributed by atoms with van der Waals surface area (Å²) in [5, 5.41) is 14.1. The summed E-state index contributed by atoms with van der Waals surface area (Å²) in [4.78, 5) is 14.2. The Hall–Kier alpha value is -2.11. The van der Waals surface area contributed by atoms with Gasteiger partial charge in [-0.3, -0.25) is 0 Å². The molecule has 3 heterocycles. The smallest absolute Gasteiger partial charge is 0.382 e. The van der Waals surface area contributed by atoms with E-state index in [1.807, 2.05) is 26.0 Å². The summed E-state index contributed by atoms with van der Waals surface area (Å²) in [6, 6.07) is 5.92. The Balaban J connectivity index is 0.00000121. The minimum atomic E-state index is -4.00. The van der Waals surface area contributed by atoms with Gasteiger partial charge >= 0.3 is 14.8 Å². The maximum Gasteiger partial charge on any atom is 0.389 e. The largest absolute Gasteiger partial charge is 0.389 e. The van der Waals surface area contributed by atoms with Gasteiger partial charge in [0.05, 0.1) is 18.9 Å². The number of nitrogens with two attached hydrogens (primary N) is 1. The number of rotatable bonds is 26. The van der Waals surface area contributed by atoms with E-state index in [4.69, 9.17) is 29.0 Å². The van der Waals surface area contributed by atoms with Crippen LogP contribution in [0.4, 0.5) is 19.0 Å². The number of hydrogen-bond acceptors (Lipinski definition) is 10. The van der Waals surface area contributed by atoms with Gasteiger partial charge in [-0.1, -0.05) is 96.3 Å². The normalized spacial score (nSPS) is 18.3. The van der Waals surface area contributed by atoms with E-state index in [9.17, 15) is 23.3 Å². The zero-order valence-electron chi connectivity index (χ0n) is 31.8. The fourth-order valence-corrected chi connectivity index (χ4v) is 6.58. The van der Waals surface area contributed by atoms with E-state index in [0.29, 0.717) is 37.2 Å². The number of methoxy groups -OCH3 is 2. The molecular weight excluding hydrogens is 698 g/mol. The first kappa shape index (κ1) is 46.0. The lowest BCUT2D eigenvalue weighted by Crippen LogP contribution is -2.31. The molecule has 298 valence electrons. The number of hydrogen-bond donors (Lipinski definition) is 2. The third-order valence-corrected chi connectivity index (χ3v) is 10.2. The van der Waals surface area contributed by atoms with Crippen LogP contribution in [-0.2, 0) is 23.3 Å². The monoisotopic (exact) mass is 761 g/mol. The van der Waals surface area contributed by atoms with E-state index < -0.39 is 32.6 Å². The summed E-state index contributed by atoms with van der Waals surface area (Å²) < 4.78 is 64.8. The Labute approximate surface area is 310 Å². The summed E-state index contributed by atoms with van der Waals surface area (Å²) in [7, 11) is 1.15. The van der Waals surface area contributed by atoms with Crippen LogP contribution in [0.3, 0.4) is 0 Å². The molecule has 3 atom stereocenters. The van der Waals surface area contributed by atoms with Crippen LogP contribution in [0.2, 0.25) is 0 Å². The molecule has 0 aromatic carbocycles. The lowest BCUT2D eigenvalue weighted by Gasteiger charge is -2.22. The second kappa shape index (κ2) is 25.1. The minimum Gasteiger partial charge on any atom is -0.382 e. The van der Waals surface area contributed by atoms with Crippen LogP contribution >= 0.6 is 8.60 Å². The molecule has 3 N–H and O–H groups in total. The van der Waals surface area contributed by atoms with Gasteiger partial charge in [-0.15, -0.1) is 0 Å². The second-order valence-corrected chi connectivity index (χ2v) is 15.0. The third kappa shape index (κ3) is 18.8. The number of unbranched alkanes of at least 4 members (excludes halogenated alkanes) is 16. The zero-order chi connectivity index (χ0) is 38.3. The summed E-state index contributed by atoms with van der Waals surface area (Å²) in [5.74, 6) is -0.0437. The first-order valence-corrected chi connectivity index (χ1v) is 20.1. The van der Waals surface area contributed by atoms with E-state index in [-0.39, 0.29) is 19.1 Å². The van der Waals surface area contributed by atoms with Crippen LogP contribution < -0.4 is 5.73 Å². The quantitative estimate of drug-likeness (QED) is 0.0539. The van der Waals surface area contributed by atoms with Crippen molar-refractivity contribution in [3.8, 4) is 6.07 Å². The molecule has 1 saturated heterocycles. The molecule has 0 saturated carbocycles. The molecule has 2 aromatic heterocycles. The van der Waals surface area contributed by atoms with Crippen molar-refractivity contribution in [2.45, 2.75) is 166 Å². The van der Waals surface area contributed by atoms with E-state index in [1.54, 1.807) is 18.7 Å². The number of nitrogens with zero attached hydrogens (tertiary/aromatic N) is 4. The van der Waals surface area contributed by atoms with Gasteiger partial charge in [0.2, 0.25) is 0 Å². The predicted octanol–water partition coefficient (Wildman–Crippen LogP) is 10.3. The molecule has 2 aromatic rings. The van der Waals surface area contributed by atoms with Crippen molar-refractivity contribution in [3.05, 3.63) is 24.2 Å². The highest BCUT2D eigenvalue weighted by Gasteiger charge is 2.43. The van der Waals surface area contributed by atoms with Crippen molar-refractivity contribution in [3.63, 3.8) is 0 Å². The molecule has 3 unspecified atom stereocenters. The van der Waals surface area contributed by atoms with Gasteiger partial charge in [0.25, 0.3) is 0 Å². The van der Waals surface area contributed by atoms with Crippen LogP contribution in [-0.4, -0.2) is 64.5 Å². The summed E-state index contributed by atoms with van der Waals surface area (Å²) in [5.41, 5.74) is 6.23. The number of nitriles is 1. The molecule has 11 nitrogen and oxygen atoms in total. The van der Waals surface area contributed by atoms with Gasteiger partial charge in [-0.05, 0) is 51.7 Å². The van der Waals surface area contributed by atoms with Gasteiger partial charge in [-0.25, -0.2) is 9.50 Å². The van der Waals surface area contributed by atoms with Crippen molar-refractivity contribution in [1.29, 1.82) is 5.26 Å². The Bertz CT molecular complexity index is 1270. The van der Waals surface area contributed by atoms with E-state index in [1.165, 1.54) is 64.1 Å². The van der Waals surface area contributed by atoms with Crippen molar-refractivity contribution >= 4 is 19.9 Å². The van der Waals surface area contributed by atoms with Gasteiger partial charge < -0.3 is 33.9 Å². The topological polar surface area (TPSA) is 146 Å². The Morgan fingerprint density at radius 2 is 1.42 bits per heavy atom. The van der Waals surface area contributed by atoms with E-state index in [2.05, 4.69) is 16.2 Å². The average Bonchev–Trinajstić information content (AvgIpc) is 3.75. The predicted molar refractivity (Wildman–Crippen MR) is 197 cm³/mol. The molecule has 52 heavy (non-hydrogen) atoms. The number of alkyl halides is 3. The number of halogens is 3. The van der Waals surface area contributed by atoms with Crippen LogP contribution in [0.25, 0.3) is 5.52 Å². The number of ether oxygens (including phenoxy) is 3.